The second-order valence-corrected chi connectivity index (χ2v) is 15.1. The van der Waals surface area contributed by atoms with Gasteiger partial charge in [-0.15, -0.1) is 0 Å². The van der Waals surface area contributed by atoms with Crippen LogP contribution in [0.15, 0.2) is 206 Å². The van der Waals surface area contributed by atoms with Crippen molar-refractivity contribution in [2.45, 2.75) is 12.3 Å². The molecule has 0 bridgehead atoms. The number of hydrogen-bond donors (Lipinski definition) is 0. The summed E-state index contributed by atoms with van der Waals surface area (Å²) in [6, 6.07) is 67.2. The predicted molar refractivity (Wildman–Crippen MR) is 243 cm³/mol. The van der Waals surface area contributed by atoms with Crippen molar-refractivity contribution in [3.05, 3.63) is 218 Å². The first-order chi connectivity index (χ1) is 28.7. The molecule has 0 saturated heterocycles. The minimum absolute atomic E-state index is 0.171. The second-order valence-electron chi connectivity index (χ2n) is 15.1. The fraction of sp³-hybridized carbons (Fsp3) is 0.0364. The predicted octanol–water partition coefficient (Wildman–Crippen LogP) is 14.3. The first kappa shape index (κ1) is 33.8. The maximum absolute atomic E-state index is 5.13. The summed E-state index contributed by atoms with van der Waals surface area (Å²) in [5, 5.41) is 10.2. The van der Waals surface area contributed by atoms with Gasteiger partial charge in [-0.1, -0.05) is 194 Å². The number of hydrogen-bond acceptors (Lipinski definition) is 3. The molecular formula is C55H37N3. The van der Waals surface area contributed by atoms with Crippen LogP contribution in [0.4, 0.5) is 0 Å². The van der Waals surface area contributed by atoms with Gasteiger partial charge in [0.05, 0.1) is 0 Å². The van der Waals surface area contributed by atoms with Crippen LogP contribution in [-0.4, -0.2) is 15.0 Å². The fourth-order valence-electron chi connectivity index (χ4n) is 8.82. The Bertz CT molecular complexity index is 3220. The summed E-state index contributed by atoms with van der Waals surface area (Å²) in [6.45, 7) is 0. The molecule has 3 nitrogen and oxygen atoms in total. The van der Waals surface area contributed by atoms with Gasteiger partial charge in [0.1, 0.15) is 0 Å². The minimum atomic E-state index is 0.171. The van der Waals surface area contributed by atoms with E-state index in [2.05, 4.69) is 182 Å². The Morgan fingerprint density at radius 3 is 1.60 bits per heavy atom. The van der Waals surface area contributed by atoms with E-state index in [1.54, 1.807) is 0 Å². The Balaban J connectivity index is 1.01. The van der Waals surface area contributed by atoms with Crippen molar-refractivity contribution >= 4 is 48.7 Å². The molecule has 0 saturated carbocycles. The zero-order valence-corrected chi connectivity index (χ0v) is 31.8. The summed E-state index contributed by atoms with van der Waals surface area (Å²) in [5.41, 5.74) is 9.03. The summed E-state index contributed by atoms with van der Waals surface area (Å²) >= 11 is 0. The molecule has 9 aromatic carbocycles. The summed E-state index contributed by atoms with van der Waals surface area (Å²) in [6.07, 6.45) is 7.68. The van der Waals surface area contributed by atoms with Crippen molar-refractivity contribution in [1.29, 1.82) is 0 Å². The lowest BCUT2D eigenvalue weighted by molar-refractivity contribution is 0.857. The van der Waals surface area contributed by atoms with Crippen LogP contribution in [0.2, 0.25) is 0 Å². The zero-order chi connectivity index (χ0) is 38.4. The van der Waals surface area contributed by atoms with Crippen molar-refractivity contribution in [2.75, 3.05) is 0 Å². The Morgan fingerprint density at radius 1 is 0.362 bits per heavy atom. The summed E-state index contributed by atoms with van der Waals surface area (Å²) in [7, 11) is 0. The van der Waals surface area contributed by atoms with Gasteiger partial charge >= 0.3 is 0 Å². The van der Waals surface area contributed by atoms with Gasteiger partial charge in [-0.2, -0.15) is 0 Å². The van der Waals surface area contributed by atoms with Crippen LogP contribution in [-0.2, 0) is 0 Å². The maximum atomic E-state index is 5.13. The Morgan fingerprint density at radius 2 is 0.914 bits per heavy atom. The summed E-state index contributed by atoms with van der Waals surface area (Å²) in [5.74, 6) is 2.17. The largest absolute Gasteiger partial charge is 0.208 e. The maximum Gasteiger partial charge on any atom is 0.164 e. The first-order valence-electron chi connectivity index (χ1n) is 20.0. The minimum Gasteiger partial charge on any atom is -0.208 e. The average Bonchev–Trinajstić information content (AvgIpc) is 3.31. The van der Waals surface area contributed by atoms with Crippen LogP contribution >= 0.6 is 0 Å². The van der Waals surface area contributed by atoms with E-state index in [9.17, 15) is 0 Å². The molecule has 10 aromatic rings. The average molecular weight is 740 g/mol. The first-order valence-corrected chi connectivity index (χ1v) is 20.0. The lowest BCUT2D eigenvalue weighted by Crippen LogP contribution is -2.06. The highest BCUT2D eigenvalue weighted by Gasteiger charge is 2.21. The number of nitrogens with zero attached hydrogens (tertiary/aromatic N) is 3. The molecule has 272 valence electrons. The van der Waals surface area contributed by atoms with Crippen molar-refractivity contribution < 1.29 is 0 Å². The van der Waals surface area contributed by atoms with E-state index >= 15 is 0 Å². The molecule has 0 N–H and O–H groups in total. The quantitative estimate of drug-likeness (QED) is 0.159. The van der Waals surface area contributed by atoms with E-state index in [1.807, 2.05) is 24.3 Å². The molecular weight excluding hydrogens is 703 g/mol. The van der Waals surface area contributed by atoms with Crippen LogP contribution in [0.3, 0.4) is 0 Å². The highest BCUT2D eigenvalue weighted by Crippen LogP contribution is 2.43. The van der Waals surface area contributed by atoms with E-state index < -0.39 is 0 Å². The highest BCUT2D eigenvalue weighted by atomic mass is 15.0. The van der Waals surface area contributed by atoms with Crippen LogP contribution in [0.25, 0.3) is 93.7 Å². The van der Waals surface area contributed by atoms with Gasteiger partial charge in [0.15, 0.2) is 17.5 Å². The van der Waals surface area contributed by atoms with Gasteiger partial charge in [-0.05, 0) is 89.5 Å². The standard InChI is InChI=1S/C55H37N3/c1-3-14-36(15-4-1)41-19-13-20-43(34-41)55-57-53(39-17-5-2-6-18-39)56-54(58-55)40-28-26-38(27-29-40)45-32-30-37-16-7-8-21-44(37)52(45)42-31-33-50-48-24-10-9-22-46(48)47-23-11-12-25-49(47)51(50)35-42/h1-26,28-35,38H,27H2. The molecule has 1 unspecified atom stereocenters. The number of fused-ring (bicyclic) bond motifs is 7. The van der Waals surface area contributed by atoms with Crippen LogP contribution < -0.4 is 0 Å². The van der Waals surface area contributed by atoms with Gasteiger partial charge in [-0.25, -0.2) is 15.0 Å². The topological polar surface area (TPSA) is 38.7 Å². The molecule has 0 aliphatic heterocycles. The highest BCUT2D eigenvalue weighted by molar-refractivity contribution is 6.26. The lowest BCUT2D eigenvalue weighted by Gasteiger charge is -2.22. The molecule has 0 radical (unpaired) electrons. The Labute approximate surface area is 337 Å². The van der Waals surface area contributed by atoms with Crippen molar-refractivity contribution in [2.24, 2.45) is 0 Å². The SMILES string of the molecule is C1=CC(c2ccc3ccccc3c2-c2ccc3c4ccccc4c4ccccc4c3c2)CC=C1c1nc(-c2ccccc2)nc(-c2cccc(-c3ccccc3)c2)n1. The third kappa shape index (κ3) is 5.96. The fourth-order valence-corrected chi connectivity index (χ4v) is 8.82. The molecule has 3 heteroatoms. The van der Waals surface area contributed by atoms with Crippen LogP contribution in [0.1, 0.15) is 23.7 Å². The molecule has 1 aromatic heterocycles. The smallest absolute Gasteiger partial charge is 0.164 e. The molecule has 0 spiro atoms. The summed E-state index contributed by atoms with van der Waals surface area (Å²) < 4.78 is 0. The van der Waals surface area contributed by atoms with Gasteiger partial charge in [0.25, 0.3) is 0 Å². The van der Waals surface area contributed by atoms with E-state index in [0.717, 1.165) is 34.2 Å². The third-order valence-electron chi connectivity index (χ3n) is 11.6. The van der Waals surface area contributed by atoms with Gasteiger partial charge < -0.3 is 0 Å². The molecule has 1 aliphatic carbocycles. The van der Waals surface area contributed by atoms with Crippen LogP contribution in [0.5, 0.6) is 0 Å². The molecule has 1 heterocycles. The molecule has 11 rings (SSSR count). The molecule has 1 aliphatic rings. The number of aromatic nitrogens is 3. The van der Waals surface area contributed by atoms with E-state index in [0.29, 0.717) is 17.5 Å². The molecule has 1 atom stereocenters. The molecule has 58 heavy (non-hydrogen) atoms. The zero-order valence-electron chi connectivity index (χ0n) is 31.8. The Hall–Kier alpha value is -7.49. The second kappa shape index (κ2) is 14.2. The number of allylic oxidation sites excluding steroid dienone is 4. The van der Waals surface area contributed by atoms with Crippen molar-refractivity contribution in [1.82, 2.24) is 15.0 Å². The van der Waals surface area contributed by atoms with Crippen molar-refractivity contribution in [3.63, 3.8) is 0 Å². The lowest BCUT2D eigenvalue weighted by atomic mass is 9.82. The monoisotopic (exact) mass is 739 g/mol. The van der Waals surface area contributed by atoms with Gasteiger partial charge in [-0.3, -0.25) is 0 Å². The normalized spacial score (nSPS) is 14.0. The van der Waals surface area contributed by atoms with Crippen LogP contribution in [0, 0.1) is 0 Å². The van der Waals surface area contributed by atoms with Gasteiger partial charge in [0, 0.05) is 22.6 Å². The molecule has 0 fully saturated rings. The van der Waals surface area contributed by atoms with Gasteiger partial charge in [0.2, 0.25) is 0 Å². The third-order valence-corrected chi connectivity index (χ3v) is 11.6. The number of benzene rings is 9. The summed E-state index contributed by atoms with van der Waals surface area (Å²) in [4.78, 5) is 15.2. The van der Waals surface area contributed by atoms with Crippen molar-refractivity contribution in [3.8, 4) is 45.0 Å². The van der Waals surface area contributed by atoms with E-state index in [-0.39, 0.29) is 5.92 Å². The molecule has 0 amide bonds. The van der Waals surface area contributed by atoms with E-state index in [1.165, 1.54) is 59.8 Å². The van der Waals surface area contributed by atoms with E-state index in [4.69, 9.17) is 15.0 Å². The Kier molecular flexibility index (Phi) is 8.29. The number of rotatable bonds is 6.